The van der Waals surface area contributed by atoms with Gasteiger partial charge in [0.05, 0.1) is 22.3 Å². The second-order valence-electron chi connectivity index (χ2n) is 5.80. The Hall–Kier alpha value is -2.67. The van der Waals surface area contributed by atoms with Gasteiger partial charge in [0.2, 0.25) is 5.88 Å². The Morgan fingerprint density at radius 3 is 2.96 bits per heavy atom. The van der Waals surface area contributed by atoms with Gasteiger partial charge in [0.25, 0.3) is 5.91 Å². The lowest BCUT2D eigenvalue weighted by molar-refractivity contribution is 0.100. The van der Waals surface area contributed by atoms with Gasteiger partial charge in [-0.3, -0.25) is 9.48 Å². The number of fused-ring (bicyclic) bond motifs is 3. The molecule has 0 spiro atoms. The van der Waals surface area contributed by atoms with E-state index in [9.17, 15) is 4.79 Å². The van der Waals surface area contributed by atoms with E-state index in [2.05, 4.69) is 10.1 Å². The fourth-order valence-electron chi connectivity index (χ4n) is 3.11. The zero-order valence-corrected chi connectivity index (χ0v) is 14.2. The van der Waals surface area contributed by atoms with E-state index in [-0.39, 0.29) is 0 Å². The summed E-state index contributed by atoms with van der Waals surface area (Å²) < 4.78 is 7.85. The number of aryl methyl sites for hydroxylation is 3. The van der Waals surface area contributed by atoms with Crippen LogP contribution >= 0.6 is 11.3 Å². The fraction of sp³-hybridized carbons (Fsp3) is 0.235. The Labute approximate surface area is 142 Å². The SMILES string of the molecule is Cc1cccc(Oc2sc(C(N)=O)c3c2-c2c(cnn2C)CC3)n1. The Balaban J connectivity index is 1.89. The molecule has 0 radical (unpaired) electrons. The van der Waals surface area contributed by atoms with Crippen LogP contribution in [0, 0.1) is 6.92 Å². The van der Waals surface area contributed by atoms with Crippen LogP contribution in [0.1, 0.15) is 26.5 Å². The van der Waals surface area contributed by atoms with Crippen molar-refractivity contribution < 1.29 is 9.53 Å². The molecule has 0 aliphatic heterocycles. The standard InChI is InChI=1S/C17H16N4O2S/c1-9-4-3-5-12(20-9)23-17-13-11(15(24-17)16(18)22)7-6-10-8-19-21(2)14(10)13/h3-5,8H,6-7H2,1-2H3,(H2,18,22). The maximum atomic E-state index is 11.9. The predicted octanol–water partition coefficient (Wildman–Crippen LogP) is 2.84. The lowest BCUT2D eigenvalue weighted by atomic mass is 9.91. The van der Waals surface area contributed by atoms with Gasteiger partial charge in [-0.2, -0.15) is 5.10 Å². The number of hydrogen-bond acceptors (Lipinski definition) is 5. The molecule has 122 valence electrons. The first-order chi connectivity index (χ1) is 11.5. The van der Waals surface area contributed by atoms with Crippen molar-refractivity contribution in [3.8, 4) is 22.2 Å². The summed E-state index contributed by atoms with van der Waals surface area (Å²) >= 11 is 1.28. The Kier molecular flexibility index (Phi) is 3.38. The second kappa shape index (κ2) is 5.45. The van der Waals surface area contributed by atoms with Crippen molar-refractivity contribution in [2.24, 2.45) is 12.8 Å². The van der Waals surface area contributed by atoms with E-state index >= 15 is 0 Å². The molecule has 3 aromatic rings. The summed E-state index contributed by atoms with van der Waals surface area (Å²) in [6, 6.07) is 5.60. The van der Waals surface area contributed by atoms with Crippen LogP contribution < -0.4 is 10.5 Å². The third kappa shape index (κ3) is 2.28. The molecule has 3 heterocycles. The van der Waals surface area contributed by atoms with Crippen LogP contribution in [0.5, 0.6) is 10.9 Å². The van der Waals surface area contributed by atoms with Crippen LogP contribution in [0.25, 0.3) is 11.3 Å². The molecule has 3 aromatic heterocycles. The average Bonchev–Trinajstić information content (AvgIpc) is 3.09. The molecule has 0 unspecified atom stereocenters. The number of carbonyl (C=O) groups is 1. The molecular formula is C17H16N4O2S. The minimum atomic E-state index is -0.422. The highest BCUT2D eigenvalue weighted by atomic mass is 32.1. The fourth-order valence-corrected chi connectivity index (χ4v) is 4.17. The minimum absolute atomic E-state index is 0.422. The number of thiophene rings is 1. The van der Waals surface area contributed by atoms with Crippen LogP contribution in [0.15, 0.2) is 24.4 Å². The Morgan fingerprint density at radius 1 is 1.38 bits per heavy atom. The molecule has 0 aromatic carbocycles. The molecule has 0 saturated carbocycles. The van der Waals surface area contributed by atoms with Crippen molar-refractivity contribution in [3.63, 3.8) is 0 Å². The number of hydrogen-bond donors (Lipinski definition) is 1. The number of ether oxygens (including phenoxy) is 1. The van der Waals surface area contributed by atoms with Crippen molar-refractivity contribution >= 4 is 17.2 Å². The number of amides is 1. The molecular weight excluding hydrogens is 324 g/mol. The minimum Gasteiger partial charge on any atom is -0.428 e. The summed E-state index contributed by atoms with van der Waals surface area (Å²) in [5.41, 5.74) is 10.5. The topological polar surface area (TPSA) is 83.0 Å². The van der Waals surface area contributed by atoms with Crippen LogP contribution in [0.3, 0.4) is 0 Å². The first kappa shape index (κ1) is 14.9. The quantitative estimate of drug-likeness (QED) is 0.795. The number of carbonyl (C=O) groups excluding carboxylic acids is 1. The number of pyridine rings is 1. The van der Waals surface area contributed by atoms with Crippen LogP contribution in [0.4, 0.5) is 0 Å². The summed E-state index contributed by atoms with van der Waals surface area (Å²) in [6.45, 7) is 1.91. The van der Waals surface area contributed by atoms with Crippen LogP contribution in [-0.2, 0) is 19.9 Å². The number of rotatable bonds is 3. The van der Waals surface area contributed by atoms with Crippen molar-refractivity contribution in [2.75, 3.05) is 0 Å². The number of primary amides is 1. The highest BCUT2D eigenvalue weighted by molar-refractivity contribution is 7.16. The summed E-state index contributed by atoms with van der Waals surface area (Å²) in [6.07, 6.45) is 3.47. The van der Waals surface area contributed by atoms with Gasteiger partial charge in [0, 0.05) is 18.8 Å². The molecule has 1 aliphatic rings. The van der Waals surface area contributed by atoms with Gasteiger partial charge in [-0.25, -0.2) is 4.98 Å². The highest BCUT2D eigenvalue weighted by Gasteiger charge is 2.31. The van der Waals surface area contributed by atoms with Gasteiger partial charge >= 0.3 is 0 Å². The lowest BCUT2D eigenvalue weighted by Gasteiger charge is -2.16. The molecule has 1 aliphatic carbocycles. The maximum absolute atomic E-state index is 11.9. The molecule has 0 saturated heterocycles. The Bertz CT molecular complexity index is 958. The van der Waals surface area contributed by atoms with E-state index in [4.69, 9.17) is 10.5 Å². The normalized spacial score (nSPS) is 12.6. The first-order valence-corrected chi connectivity index (χ1v) is 8.44. The van der Waals surface area contributed by atoms with Gasteiger partial charge in [-0.15, -0.1) is 0 Å². The zero-order chi connectivity index (χ0) is 16.8. The van der Waals surface area contributed by atoms with Gasteiger partial charge in [-0.05, 0) is 37.0 Å². The smallest absolute Gasteiger partial charge is 0.259 e. The van der Waals surface area contributed by atoms with E-state index in [1.165, 1.54) is 11.3 Å². The molecule has 7 heteroatoms. The van der Waals surface area contributed by atoms with E-state index in [0.717, 1.165) is 40.9 Å². The highest BCUT2D eigenvalue weighted by Crippen LogP contribution is 2.48. The molecule has 0 bridgehead atoms. The molecule has 24 heavy (non-hydrogen) atoms. The van der Waals surface area contributed by atoms with Gasteiger partial charge < -0.3 is 10.5 Å². The lowest BCUT2D eigenvalue weighted by Crippen LogP contribution is -2.13. The zero-order valence-electron chi connectivity index (χ0n) is 13.4. The van der Waals surface area contributed by atoms with Crippen LogP contribution in [-0.4, -0.2) is 20.7 Å². The molecule has 4 rings (SSSR count). The number of nitrogens with two attached hydrogens (primary N) is 1. The van der Waals surface area contributed by atoms with Gasteiger partial charge in [-0.1, -0.05) is 17.4 Å². The average molecular weight is 340 g/mol. The number of aromatic nitrogens is 3. The molecule has 1 amide bonds. The van der Waals surface area contributed by atoms with Gasteiger partial charge in [0.1, 0.15) is 0 Å². The summed E-state index contributed by atoms with van der Waals surface area (Å²) in [7, 11) is 1.89. The largest absolute Gasteiger partial charge is 0.428 e. The van der Waals surface area contributed by atoms with Crippen LogP contribution in [0.2, 0.25) is 0 Å². The predicted molar refractivity (Wildman–Crippen MR) is 91.5 cm³/mol. The summed E-state index contributed by atoms with van der Waals surface area (Å²) in [5.74, 6) is 0.0817. The van der Waals surface area contributed by atoms with Crippen molar-refractivity contribution in [1.82, 2.24) is 14.8 Å². The summed E-state index contributed by atoms with van der Waals surface area (Å²) in [5, 5.41) is 4.99. The van der Waals surface area contributed by atoms with Crippen molar-refractivity contribution in [2.45, 2.75) is 19.8 Å². The summed E-state index contributed by atoms with van der Waals surface area (Å²) in [4.78, 5) is 16.8. The first-order valence-electron chi connectivity index (χ1n) is 7.63. The van der Waals surface area contributed by atoms with E-state index in [1.807, 2.05) is 37.0 Å². The van der Waals surface area contributed by atoms with E-state index in [0.29, 0.717) is 15.8 Å². The molecule has 0 fully saturated rings. The van der Waals surface area contributed by atoms with E-state index in [1.54, 1.807) is 6.07 Å². The van der Waals surface area contributed by atoms with Crippen molar-refractivity contribution in [1.29, 1.82) is 0 Å². The van der Waals surface area contributed by atoms with Gasteiger partial charge in [0.15, 0.2) is 5.06 Å². The molecule has 6 nitrogen and oxygen atoms in total. The second-order valence-corrected chi connectivity index (χ2v) is 6.78. The third-order valence-electron chi connectivity index (χ3n) is 4.15. The molecule has 0 atom stereocenters. The molecule has 2 N–H and O–H groups in total. The Morgan fingerprint density at radius 2 is 2.21 bits per heavy atom. The van der Waals surface area contributed by atoms with E-state index < -0.39 is 5.91 Å². The monoisotopic (exact) mass is 340 g/mol. The van der Waals surface area contributed by atoms with Crippen molar-refractivity contribution in [3.05, 3.63) is 46.1 Å². The maximum Gasteiger partial charge on any atom is 0.259 e. The number of nitrogens with zero attached hydrogens (tertiary/aromatic N) is 3. The third-order valence-corrected chi connectivity index (χ3v) is 5.28.